The fourth-order valence-corrected chi connectivity index (χ4v) is 4.71. The van der Waals surface area contributed by atoms with Crippen LogP contribution < -0.4 is 9.47 Å². The molecule has 2 aliphatic heterocycles. The average molecular weight is 481 g/mol. The highest BCUT2D eigenvalue weighted by molar-refractivity contribution is 8.18. The molecule has 3 amide bonds. The summed E-state index contributed by atoms with van der Waals surface area (Å²) < 4.78 is 11.3. The molecular formula is C26H28N2O5S. The van der Waals surface area contributed by atoms with Gasteiger partial charge < -0.3 is 14.4 Å². The van der Waals surface area contributed by atoms with Crippen LogP contribution in [-0.2, 0) is 9.59 Å². The molecule has 8 heteroatoms. The molecule has 2 saturated heterocycles. The van der Waals surface area contributed by atoms with Crippen molar-refractivity contribution >= 4 is 34.9 Å². The molecule has 34 heavy (non-hydrogen) atoms. The first-order chi connectivity index (χ1) is 16.5. The van der Waals surface area contributed by atoms with Crippen LogP contribution in [0.3, 0.4) is 0 Å². The van der Waals surface area contributed by atoms with Gasteiger partial charge in [0.15, 0.2) is 6.61 Å². The number of amides is 3. The SMILES string of the molecule is Cc1cccc(OCCN2C(=O)S/C(=C\c3ccc(OCC(=O)N4CCCCC4)cc3)C2=O)c1. The van der Waals surface area contributed by atoms with Crippen LogP contribution in [-0.4, -0.2) is 59.7 Å². The van der Waals surface area contributed by atoms with Crippen LogP contribution in [0, 0.1) is 6.92 Å². The highest BCUT2D eigenvalue weighted by Crippen LogP contribution is 2.32. The third kappa shape index (κ3) is 6.20. The number of carbonyl (C=O) groups is 3. The van der Waals surface area contributed by atoms with E-state index in [1.165, 1.54) is 11.3 Å². The van der Waals surface area contributed by atoms with E-state index in [0.29, 0.717) is 16.4 Å². The lowest BCUT2D eigenvalue weighted by Crippen LogP contribution is -2.38. The summed E-state index contributed by atoms with van der Waals surface area (Å²) in [7, 11) is 0. The molecule has 2 aromatic carbocycles. The molecule has 0 saturated carbocycles. The molecule has 7 nitrogen and oxygen atoms in total. The summed E-state index contributed by atoms with van der Waals surface area (Å²) in [6, 6.07) is 14.7. The van der Waals surface area contributed by atoms with Crippen molar-refractivity contribution in [2.45, 2.75) is 26.2 Å². The van der Waals surface area contributed by atoms with Crippen LogP contribution in [0.4, 0.5) is 4.79 Å². The molecule has 0 atom stereocenters. The Hall–Kier alpha value is -3.26. The van der Waals surface area contributed by atoms with E-state index in [1.807, 2.05) is 36.1 Å². The molecule has 0 bridgehead atoms. The maximum absolute atomic E-state index is 12.7. The van der Waals surface area contributed by atoms with Crippen LogP contribution in [0.15, 0.2) is 53.4 Å². The number of hydrogen-bond donors (Lipinski definition) is 0. The zero-order valence-corrected chi connectivity index (χ0v) is 20.0. The highest BCUT2D eigenvalue weighted by atomic mass is 32.2. The average Bonchev–Trinajstić information content (AvgIpc) is 3.11. The summed E-state index contributed by atoms with van der Waals surface area (Å²) >= 11 is 0.921. The van der Waals surface area contributed by atoms with Gasteiger partial charge in [0.1, 0.15) is 18.1 Å². The summed E-state index contributed by atoms with van der Waals surface area (Å²) in [5.74, 6) is 0.977. The van der Waals surface area contributed by atoms with Crippen LogP contribution in [0.1, 0.15) is 30.4 Å². The molecule has 2 fully saturated rings. The Kier molecular flexibility index (Phi) is 7.90. The molecule has 4 rings (SSSR count). The van der Waals surface area contributed by atoms with Crippen molar-refractivity contribution in [3.05, 3.63) is 64.6 Å². The first-order valence-corrected chi connectivity index (χ1v) is 12.3. The molecule has 0 aliphatic carbocycles. The number of ether oxygens (including phenoxy) is 2. The second-order valence-corrected chi connectivity index (χ2v) is 9.29. The topological polar surface area (TPSA) is 76.2 Å². The minimum atomic E-state index is -0.324. The molecule has 0 N–H and O–H groups in total. The van der Waals surface area contributed by atoms with E-state index in [9.17, 15) is 14.4 Å². The van der Waals surface area contributed by atoms with Crippen molar-refractivity contribution in [2.75, 3.05) is 32.8 Å². The standard InChI is InChI=1S/C26H28N2O5S/c1-19-6-5-7-22(16-19)32-15-14-28-25(30)23(34-26(28)31)17-20-8-10-21(11-9-20)33-18-24(29)27-12-3-2-4-13-27/h5-11,16-17H,2-4,12-15,18H2,1H3/b23-17-. The quantitative estimate of drug-likeness (QED) is 0.518. The summed E-state index contributed by atoms with van der Waals surface area (Å²) in [5, 5.41) is -0.305. The van der Waals surface area contributed by atoms with E-state index in [0.717, 1.165) is 48.8 Å². The molecule has 2 aliphatic rings. The fraction of sp³-hybridized carbons (Fsp3) is 0.346. The molecule has 178 valence electrons. The van der Waals surface area contributed by atoms with Crippen molar-refractivity contribution in [3.63, 3.8) is 0 Å². The lowest BCUT2D eigenvalue weighted by atomic mass is 10.1. The first-order valence-electron chi connectivity index (χ1n) is 11.4. The molecule has 0 aromatic heterocycles. The number of nitrogens with zero attached hydrogens (tertiary/aromatic N) is 2. The lowest BCUT2D eigenvalue weighted by molar-refractivity contribution is -0.134. The number of rotatable bonds is 8. The van der Waals surface area contributed by atoms with Gasteiger partial charge in [0, 0.05) is 13.1 Å². The molecule has 0 radical (unpaired) electrons. The fourth-order valence-electron chi connectivity index (χ4n) is 3.84. The summed E-state index contributed by atoms with van der Waals surface area (Å²) in [4.78, 5) is 40.7. The number of thioether (sulfide) groups is 1. The predicted octanol–water partition coefficient (Wildman–Crippen LogP) is 4.50. The predicted molar refractivity (Wildman–Crippen MR) is 132 cm³/mol. The van der Waals surface area contributed by atoms with Gasteiger partial charge in [-0.2, -0.15) is 0 Å². The third-order valence-electron chi connectivity index (χ3n) is 5.70. The van der Waals surface area contributed by atoms with Gasteiger partial charge in [0.05, 0.1) is 11.4 Å². The van der Waals surface area contributed by atoms with Crippen molar-refractivity contribution < 1.29 is 23.9 Å². The summed E-state index contributed by atoms with van der Waals surface area (Å²) in [6.07, 6.45) is 4.96. The monoisotopic (exact) mass is 480 g/mol. The minimum Gasteiger partial charge on any atom is -0.492 e. The van der Waals surface area contributed by atoms with Crippen molar-refractivity contribution in [2.24, 2.45) is 0 Å². The number of carbonyl (C=O) groups excluding carboxylic acids is 3. The first kappa shape index (κ1) is 23.9. The van der Waals surface area contributed by atoms with E-state index in [-0.39, 0.29) is 36.8 Å². The maximum Gasteiger partial charge on any atom is 0.293 e. The van der Waals surface area contributed by atoms with E-state index in [1.54, 1.807) is 30.3 Å². The van der Waals surface area contributed by atoms with Gasteiger partial charge in [-0.25, -0.2) is 0 Å². The lowest BCUT2D eigenvalue weighted by Gasteiger charge is -2.26. The Morgan fingerprint density at radius 3 is 2.50 bits per heavy atom. The Morgan fingerprint density at radius 1 is 1.00 bits per heavy atom. The summed E-state index contributed by atoms with van der Waals surface area (Å²) in [5.41, 5.74) is 1.85. The van der Waals surface area contributed by atoms with E-state index in [4.69, 9.17) is 9.47 Å². The van der Waals surface area contributed by atoms with Gasteiger partial charge in [0.25, 0.3) is 17.1 Å². The molecule has 0 unspecified atom stereocenters. The van der Waals surface area contributed by atoms with Gasteiger partial charge in [-0.1, -0.05) is 24.3 Å². The normalized spacial score (nSPS) is 17.4. The number of imide groups is 1. The Bertz CT molecular complexity index is 1080. The smallest absolute Gasteiger partial charge is 0.293 e. The number of hydrogen-bond acceptors (Lipinski definition) is 6. The largest absolute Gasteiger partial charge is 0.492 e. The van der Waals surface area contributed by atoms with E-state index >= 15 is 0 Å². The second-order valence-electron chi connectivity index (χ2n) is 8.30. The van der Waals surface area contributed by atoms with Gasteiger partial charge in [-0.05, 0) is 79.4 Å². The maximum atomic E-state index is 12.7. The van der Waals surface area contributed by atoms with Crippen molar-refractivity contribution in [1.29, 1.82) is 0 Å². The number of likely N-dealkylation sites (tertiary alicyclic amines) is 1. The third-order valence-corrected chi connectivity index (χ3v) is 6.60. The zero-order valence-electron chi connectivity index (χ0n) is 19.2. The Labute approximate surface area is 203 Å². The molecule has 0 spiro atoms. The van der Waals surface area contributed by atoms with Crippen molar-refractivity contribution in [1.82, 2.24) is 9.80 Å². The summed E-state index contributed by atoms with van der Waals surface area (Å²) in [6.45, 7) is 4.01. The Balaban J connectivity index is 1.28. The second kappa shape index (κ2) is 11.2. The molecule has 2 heterocycles. The Morgan fingerprint density at radius 2 is 1.76 bits per heavy atom. The van der Waals surface area contributed by atoms with Crippen LogP contribution in [0.2, 0.25) is 0 Å². The van der Waals surface area contributed by atoms with Crippen LogP contribution in [0.5, 0.6) is 11.5 Å². The molecular weight excluding hydrogens is 452 g/mol. The van der Waals surface area contributed by atoms with Gasteiger partial charge in [-0.3, -0.25) is 19.3 Å². The van der Waals surface area contributed by atoms with Gasteiger partial charge in [-0.15, -0.1) is 0 Å². The van der Waals surface area contributed by atoms with E-state index < -0.39 is 0 Å². The molecule has 2 aromatic rings. The highest BCUT2D eigenvalue weighted by Gasteiger charge is 2.34. The minimum absolute atomic E-state index is 0.00355. The number of aryl methyl sites for hydroxylation is 1. The number of benzene rings is 2. The zero-order chi connectivity index (χ0) is 23.9. The van der Waals surface area contributed by atoms with E-state index in [2.05, 4.69) is 0 Å². The van der Waals surface area contributed by atoms with Gasteiger partial charge in [0.2, 0.25) is 0 Å². The van der Waals surface area contributed by atoms with Gasteiger partial charge >= 0.3 is 0 Å². The van der Waals surface area contributed by atoms with Crippen LogP contribution in [0.25, 0.3) is 6.08 Å². The number of piperidine rings is 1. The van der Waals surface area contributed by atoms with Crippen LogP contribution >= 0.6 is 11.8 Å². The van der Waals surface area contributed by atoms with Crippen molar-refractivity contribution in [3.8, 4) is 11.5 Å².